The molecule has 0 spiro atoms. The topological polar surface area (TPSA) is 279 Å². The summed E-state index contributed by atoms with van der Waals surface area (Å²) >= 11 is 0. The Labute approximate surface area is 213 Å². The normalized spacial score (nSPS) is 26.7. The van der Waals surface area contributed by atoms with Crippen LogP contribution in [0.2, 0.25) is 0 Å². The van der Waals surface area contributed by atoms with Crippen LogP contribution in [0.25, 0.3) is 11.2 Å². The molecular weight excluding hydrogens is 549 g/mol. The van der Waals surface area contributed by atoms with Crippen LogP contribution < -0.4 is 35.3 Å². The van der Waals surface area contributed by atoms with E-state index in [2.05, 4.69) is 28.1 Å². The number of hydrogen-bond acceptors (Lipinski definition) is 13. The number of nitrogens with two attached hydrogens (primary N) is 1. The molecule has 0 saturated carbocycles. The number of rotatable bonds is 8. The molecule has 2 unspecified atom stereocenters. The van der Waals surface area contributed by atoms with E-state index in [1.54, 1.807) is 0 Å². The summed E-state index contributed by atoms with van der Waals surface area (Å²) in [6, 6.07) is 0. The van der Waals surface area contributed by atoms with E-state index in [9.17, 15) is 28.8 Å². The van der Waals surface area contributed by atoms with Gasteiger partial charge in [0, 0.05) is 0 Å². The summed E-state index contributed by atoms with van der Waals surface area (Å²) in [6.07, 6.45) is -3.69. The summed E-state index contributed by atoms with van der Waals surface area (Å²) in [5, 5.41) is 20.4. The summed E-state index contributed by atoms with van der Waals surface area (Å²) < 4.78 is 51.9. The van der Waals surface area contributed by atoms with Crippen molar-refractivity contribution in [3.63, 3.8) is 0 Å². The Hall–Kier alpha value is -0.0700. The Kier molecular flexibility index (Phi) is 10.6. The third-order valence-corrected chi connectivity index (χ3v) is 7.62. The fraction of sp³-hybridized carbons (Fsp3) is 0.500. The maximum atomic E-state index is 11.8. The Morgan fingerprint density at radius 2 is 1.70 bits per heavy atom. The molecule has 0 aliphatic carbocycles. The van der Waals surface area contributed by atoms with Crippen LogP contribution >= 0.6 is 35.9 Å². The molecule has 1 fully saturated rings. The quantitative estimate of drug-likeness (QED) is 0.118. The Bertz CT molecular complexity index is 1120. The predicted octanol–water partition coefficient (Wildman–Crippen LogP) is -4.09. The summed E-state index contributed by atoms with van der Waals surface area (Å²) in [4.78, 5) is 47.2. The monoisotopic (exact) mass is 567 g/mol. The molecular formula is C10H18ClN5NaO13P3. The number of aromatic nitrogens is 4. The van der Waals surface area contributed by atoms with Gasteiger partial charge in [0.1, 0.15) is 30.2 Å². The van der Waals surface area contributed by atoms with Crippen LogP contribution in [0.15, 0.2) is 12.7 Å². The van der Waals surface area contributed by atoms with Gasteiger partial charge in [-0.1, -0.05) is 0 Å². The van der Waals surface area contributed by atoms with Gasteiger partial charge < -0.3 is 41.7 Å². The fourth-order valence-corrected chi connectivity index (χ4v) is 5.65. The van der Waals surface area contributed by atoms with Crippen LogP contribution in [0, 0.1) is 0 Å². The second-order valence-electron chi connectivity index (χ2n) is 6.02. The first kappa shape index (κ1) is 31.0. The first-order valence-electron chi connectivity index (χ1n) is 7.92. The number of nitrogens with zero attached hydrogens (tertiary/aromatic N) is 4. The van der Waals surface area contributed by atoms with Gasteiger partial charge in [-0.05, 0) is 0 Å². The maximum absolute atomic E-state index is 11.8. The number of aliphatic hydroxyl groups is 2. The van der Waals surface area contributed by atoms with Crippen molar-refractivity contribution in [3.8, 4) is 0 Å². The van der Waals surface area contributed by atoms with Crippen molar-refractivity contribution in [2.45, 2.75) is 24.5 Å². The number of phosphoric ester groups is 1. The maximum Gasteiger partial charge on any atom is 1.00 e. The molecule has 18 nitrogen and oxygen atoms in total. The van der Waals surface area contributed by atoms with Crippen molar-refractivity contribution < 1.29 is 92.3 Å². The van der Waals surface area contributed by atoms with Crippen LogP contribution in [0.1, 0.15) is 7.65 Å². The molecule has 3 rings (SSSR count). The fourth-order valence-electron chi connectivity index (χ4n) is 2.62. The molecule has 1 aliphatic rings. The largest absolute Gasteiger partial charge is 1.00 e. The van der Waals surface area contributed by atoms with Gasteiger partial charge in [-0.3, -0.25) is 9.09 Å². The molecule has 1 saturated heterocycles. The number of aliphatic hydroxyl groups excluding tert-OH is 2. The van der Waals surface area contributed by atoms with E-state index in [1.165, 1.54) is 10.9 Å². The molecule has 6 atom stereocenters. The van der Waals surface area contributed by atoms with Gasteiger partial charge in [-0.2, -0.15) is 8.62 Å². The zero-order valence-electron chi connectivity index (χ0n) is 17.3. The SMILES string of the molecule is Cl.Nc1ncnc2c1ncn2[C@@H]1O[C@H](COP(=O)(O)OP(=O)(O)OP(=O)(O)O)[C@@H](O)[C@H]1O.[H-].[Na+]. The standard InChI is InChI=1S/C10H16N5O13P3.ClH.Na.H/c11-8-5-9(13-2-12-8)15(3-14-5)10-7(17)6(16)4(26-10)1-25-30(21,22)28-31(23,24)27-29(18,19)20;;;/h2-4,6-7,10,16-17H,1H2,(H,21,22)(H,23,24)(H2,11,12,13)(H2,18,19,20);1H;;/q;;+1;-1/t4-,6-,7-,10-;;;/m1.../s1. The number of hydrogen-bond donors (Lipinski definition) is 7. The van der Waals surface area contributed by atoms with Crippen molar-refractivity contribution in [1.82, 2.24) is 19.5 Å². The minimum absolute atomic E-state index is 0. The van der Waals surface area contributed by atoms with E-state index in [0.29, 0.717) is 0 Å². The minimum Gasteiger partial charge on any atom is -1.00 e. The number of ether oxygens (including phenoxy) is 1. The van der Waals surface area contributed by atoms with Crippen LogP contribution in [0.4, 0.5) is 5.82 Å². The van der Waals surface area contributed by atoms with Crippen LogP contribution in [-0.4, -0.2) is 74.2 Å². The smallest absolute Gasteiger partial charge is 1.00 e. The van der Waals surface area contributed by atoms with Gasteiger partial charge in [0.15, 0.2) is 17.7 Å². The number of halogens is 1. The molecule has 0 amide bonds. The number of phosphoric acid groups is 3. The summed E-state index contributed by atoms with van der Waals surface area (Å²) in [5.41, 5.74) is 6.00. The molecule has 1 aliphatic heterocycles. The molecule has 3 heterocycles. The average molecular weight is 568 g/mol. The van der Waals surface area contributed by atoms with Crippen molar-refractivity contribution in [2.24, 2.45) is 0 Å². The molecule has 0 aromatic carbocycles. The minimum atomic E-state index is -5.70. The van der Waals surface area contributed by atoms with E-state index in [4.69, 9.17) is 25.2 Å². The van der Waals surface area contributed by atoms with Gasteiger partial charge >= 0.3 is 53.0 Å². The molecule has 0 radical (unpaired) electrons. The molecule has 33 heavy (non-hydrogen) atoms. The number of nitrogen functional groups attached to an aromatic ring is 1. The summed E-state index contributed by atoms with van der Waals surface area (Å²) in [6.45, 7) is -0.956. The number of anilines is 1. The van der Waals surface area contributed by atoms with E-state index in [0.717, 1.165) is 6.33 Å². The zero-order valence-corrected chi connectivity index (χ0v) is 21.8. The number of fused-ring (bicyclic) bond motifs is 1. The van der Waals surface area contributed by atoms with Crippen LogP contribution in [-0.2, 0) is 31.6 Å². The van der Waals surface area contributed by atoms with Gasteiger partial charge in [-0.25, -0.2) is 28.6 Å². The molecule has 2 aromatic heterocycles. The summed E-state index contributed by atoms with van der Waals surface area (Å²) in [5.74, 6) is 0.0426. The third-order valence-electron chi connectivity index (χ3n) is 3.82. The second-order valence-corrected chi connectivity index (χ2v) is 10.4. The third kappa shape index (κ3) is 7.70. The number of imidazole rings is 1. The first-order chi connectivity index (χ1) is 14.2. The molecule has 0 bridgehead atoms. The molecule has 2 aromatic rings. The molecule has 8 N–H and O–H groups in total. The van der Waals surface area contributed by atoms with Crippen molar-refractivity contribution >= 4 is 52.9 Å². The van der Waals surface area contributed by atoms with E-state index in [-0.39, 0.29) is 60.4 Å². The van der Waals surface area contributed by atoms with E-state index < -0.39 is 54.6 Å². The van der Waals surface area contributed by atoms with Gasteiger partial charge in [0.25, 0.3) is 0 Å². The molecule has 23 heteroatoms. The Morgan fingerprint density at radius 3 is 2.30 bits per heavy atom. The van der Waals surface area contributed by atoms with E-state index >= 15 is 0 Å². The van der Waals surface area contributed by atoms with Crippen LogP contribution in [0.5, 0.6) is 0 Å². The zero-order chi connectivity index (χ0) is 23.2. The van der Waals surface area contributed by atoms with Gasteiger partial charge in [-0.15, -0.1) is 12.4 Å². The summed E-state index contributed by atoms with van der Waals surface area (Å²) in [7, 11) is -16.7. The first-order valence-corrected chi connectivity index (χ1v) is 12.4. The average Bonchev–Trinajstić information content (AvgIpc) is 3.13. The molecule has 184 valence electrons. The van der Waals surface area contributed by atoms with Gasteiger partial charge in [0.2, 0.25) is 0 Å². The predicted molar refractivity (Wildman–Crippen MR) is 104 cm³/mol. The van der Waals surface area contributed by atoms with Crippen molar-refractivity contribution in [2.75, 3.05) is 12.3 Å². The van der Waals surface area contributed by atoms with Crippen molar-refractivity contribution in [1.29, 1.82) is 0 Å². The van der Waals surface area contributed by atoms with E-state index in [1.807, 2.05) is 0 Å². The Balaban J connectivity index is 0.00000363. The second kappa shape index (κ2) is 11.3. The van der Waals surface area contributed by atoms with Crippen LogP contribution in [0.3, 0.4) is 0 Å². The van der Waals surface area contributed by atoms with Crippen molar-refractivity contribution in [3.05, 3.63) is 12.7 Å². The van der Waals surface area contributed by atoms with Gasteiger partial charge in [0.05, 0.1) is 12.9 Å². The Morgan fingerprint density at radius 1 is 1.06 bits per heavy atom.